The lowest BCUT2D eigenvalue weighted by atomic mass is 10.0. The number of anilines is 2. The maximum atomic E-state index is 12.9. The highest BCUT2D eigenvalue weighted by molar-refractivity contribution is 7.92. The van der Waals surface area contributed by atoms with Crippen LogP contribution in [0.4, 0.5) is 11.5 Å². The molecule has 10 nitrogen and oxygen atoms in total. The number of sulfonamides is 1. The molecule has 4 fully saturated rings. The van der Waals surface area contributed by atoms with Crippen LogP contribution in [0.3, 0.4) is 0 Å². The zero-order valence-corrected chi connectivity index (χ0v) is 22.1. The molecule has 36 heavy (non-hydrogen) atoms. The van der Waals surface area contributed by atoms with E-state index in [1.807, 2.05) is 6.92 Å². The minimum Gasteiger partial charge on any atom is -0.474 e. The first-order valence-electron chi connectivity index (χ1n) is 12.6. The maximum absolute atomic E-state index is 12.9. The van der Waals surface area contributed by atoms with Gasteiger partial charge in [0.2, 0.25) is 15.9 Å². The van der Waals surface area contributed by atoms with Crippen molar-refractivity contribution in [3.63, 3.8) is 0 Å². The molecule has 2 bridgehead atoms. The van der Waals surface area contributed by atoms with E-state index in [0.717, 1.165) is 31.2 Å². The van der Waals surface area contributed by atoms with Gasteiger partial charge in [-0.15, -0.1) is 0 Å². The molecule has 2 unspecified atom stereocenters. The Balaban J connectivity index is 1.16. The van der Waals surface area contributed by atoms with Crippen LogP contribution in [0.5, 0.6) is 5.88 Å². The van der Waals surface area contributed by atoms with Gasteiger partial charge in [0.1, 0.15) is 18.2 Å². The van der Waals surface area contributed by atoms with Crippen LogP contribution >= 0.6 is 0 Å². The topological polar surface area (TPSA) is 131 Å². The fourth-order valence-electron chi connectivity index (χ4n) is 5.48. The van der Waals surface area contributed by atoms with Gasteiger partial charge in [0, 0.05) is 24.9 Å². The molecule has 0 amide bonds. The highest BCUT2D eigenvalue weighted by atomic mass is 32.2. The maximum Gasteiger partial charge on any atom is 0.221 e. The molecule has 2 aromatic rings. The molecule has 2 aromatic heterocycles. The van der Waals surface area contributed by atoms with Crippen molar-refractivity contribution in [2.24, 2.45) is 0 Å². The van der Waals surface area contributed by atoms with Crippen LogP contribution in [0.15, 0.2) is 23.5 Å². The summed E-state index contributed by atoms with van der Waals surface area (Å²) in [4.78, 5) is 13.0. The summed E-state index contributed by atoms with van der Waals surface area (Å²) in [5.74, 6) is 1.02. The van der Waals surface area contributed by atoms with E-state index in [1.165, 1.54) is 12.4 Å². The average molecular weight is 534 g/mol. The van der Waals surface area contributed by atoms with Gasteiger partial charge in [-0.2, -0.15) is 4.31 Å². The summed E-state index contributed by atoms with van der Waals surface area (Å²) >= 11 is 0. The van der Waals surface area contributed by atoms with Gasteiger partial charge >= 0.3 is 0 Å². The summed E-state index contributed by atoms with van der Waals surface area (Å²) < 4.78 is 58.9. The summed E-state index contributed by atoms with van der Waals surface area (Å²) in [5, 5.41) is 2.87. The molecule has 2 saturated carbocycles. The van der Waals surface area contributed by atoms with Crippen LogP contribution in [-0.4, -0.2) is 64.8 Å². The lowest BCUT2D eigenvalue weighted by molar-refractivity contribution is 0.0910. The Morgan fingerprint density at radius 3 is 2.19 bits per heavy atom. The number of fused-ring (bicyclic) bond motifs is 2. The van der Waals surface area contributed by atoms with Crippen LogP contribution in [0.2, 0.25) is 0 Å². The van der Waals surface area contributed by atoms with E-state index in [4.69, 9.17) is 4.74 Å². The first-order chi connectivity index (χ1) is 17.1. The molecular formula is C24H31N5O5S2. The first kappa shape index (κ1) is 24.1. The van der Waals surface area contributed by atoms with Crippen LogP contribution in [-0.2, 0) is 19.9 Å². The van der Waals surface area contributed by atoms with Crippen LogP contribution < -0.4 is 10.1 Å². The van der Waals surface area contributed by atoms with Crippen molar-refractivity contribution >= 4 is 31.4 Å². The molecule has 194 valence electrons. The summed E-state index contributed by atoms with van der Waals surface area (Å²) in [6.45, 7) is 3.63. The van der Waals surface area contributed by atoms with Crippen molar-refractivity contribution in [3.05, 3.63) is 29.7 Å². The summed E-state index contributed by atoms with van der Waals surface area (Å²) in [7, 11) is -6.54. The van der Waals surface area contributed by atoms with Crippen LogP contribution in [0, 0.1) is 13.8 Å². The summed E-state index contributed by atoms with van der Waals surface area (Å²) in [5.41, 5.74) is 1.96. The number of pyridine rings is 1. The second-order valence-electron chi connectivity index (χ2n) is 10.5. The normalized spacial score (nSPS) is 26.7. The van der Waals surface area contributed by atoms with E-state index in [-0.39, 0.29) is 33.7 Å². The zero-order valence-electron chi connectivity index (χ0n) is 20.4. The molecule has 6 rings (SSSR count). The fourth-order valence-corrected chi connectivity index (χ4v) is 9.39. The average Bonchev–Trinajstić information content (AvgIpc) is 3.73. The monoisotopic (exact) mass is 533 g/mol. The first-order valence-corrected chi connectivity index (χ1v) is 15.7. The van der Waals surface area contributed by atoms with E-state index < -0.39 is 19.9 Å². The van der Waals surface area contributed by atoms with Gasteiger partial charge in [-0.05, 0) is 64.5 Å². The highest BCUT2D eigenvalue weighted by Crippen LogP contribution is 2.44. The van der Waals surface area contributed by atoms with Gasteiger partial charge in [0.05, 0.1) is 27.4 Å². The van der Waals surface area contributed by atoms with E-state index in [1.54, 1.807) is 17.3 Å². The van der Waals surface area contributed by atoms with E-state index >= 15 is 0 Å². The number of rotatable bonds is 8. The molecule has 1 N–H and O–H groups in total. The molecule has 2 aliphatic carbocycles. The molecule has 0 aromatic carbocycles. The number of nitrogens with zero attached hydrogens (tertiary/aromatic N) is 4. The Morgan fingerprint density at radius 1 is 0.917 bits per heavy atom. The van der Waals surface area contributed by atoms with E-state index in [9.17, 15) is 16.8 Å². The van der Waals surface area contributed by atoms with Gasteiger partial charge in [-0.25, -0.2) is 31.8 Å². The molecule has 2 saturated heterocycles. The molecule has 4 heterocycles. The number of hydrogen-bond donors (Lipinski definition) is 1. The van der Waals surface area contributed by atoms with Crippen molar-refractivity contribution in [3.8, 4) is 5.88 Å². The molecular weight excluding hydrogens is 502 g/mol. The minimum absolute atomic E-state index is 0.00162. The SMILES string of the molecule is Cc1nc(S(=O)(=O)C2CC2)ccc1Nc1ncnc(OC2CC3CC[C@@H](C2)N3S(=O)(=O)C2CC2)c1C. The molecule has 0 spiro atoms. The predicted molar refractivity (Wildman–Crippen MR) is 133 cm³/mol. The molecule has 3 atom stereocenters. The van der Waals surface area contributed by atoms with Crippen molar-refractivity contribution in [1.29, 1.82) is 0 Å². The third-order valence-corrected chi connectivity index (χ3v) is 12.4. The van der Waals surface area contributed by atoms with Crippen molar-refractivity contribution < 1.29 is 21.6 Å². The van der Waals surface area contributed by atoms with E-state index in [0.29, 0.717) is 48.8 Å². The van der Waals surface area contributed by atoms with Gasteiger partial charge in [0.15, 0.2) is 14.9 Å². The molecule has 0 radical (unpaired) electrons. The van der Waals surface area contributed by atoms with Gasteiger partial charge in [-0.3, -0.25) is 0 Å². The number of aromatic nitrogens is 3. The standard InChI is InChI=1S/C24H31N5O5S2/c1-14-23(28-21-9-10-22(27-15(21)2)35(30,31)19-5-6-19)25-13-26-24(14)34-18-11-16-3-4-17(12-18)29(16)36(32,33)20-7-8-20/h9-10,13,16-20H,3-8,11-12H2,1-2H3,(H,25,26,28)/t16-,17?,18?/m0/s1. The van der Waals surface area contributed by atoms with Gasteiger partial charge < -0.3 is 10.1 Å². The van der Waals surface area contributed by atoms with Crippen molar-refractivity contribution in [2.75, 3.05) is 5.32 Å². The van der Waals surface area contributed by atoms with Crippen molar-refractivity contribution in [2.45, 2.75) is 98.9 Å². The minimum atomic E-state index is -3.35. The predicted octanol–water partition coefficient (Wildman–Crippen LogP) is 3.03. The summed E-state index contributed by atoms with van der Waals surface area (Å²) in [6.07, 6.45) is 7.36. The number of piperidine rings is 1. The second-order valence-corrected chi connectivity index (χ2v) is 14.8. The number of hydrogen-bond acceptors (Lipinski definition) is 9. The number of nitrogens with one attached hydrogen (secondary N) is 1. The Kier molecular flexibility index (Phi) is 5.76. The molecule has 2 aliphatic heterocycles. The lowest BCUT2D eigenvalue weighted by Gasteiger charge is -2.37. The Hall–Kier alpha value is -2.31. The second kappa shape index (κ2) is 8.63. The third kappa shape index (κ3) is 4.26. The third-order valence-electron chi connectivity index (χ3n) is 7.75. The smallest absolute Gasteiger partial charge is 0.221 e. The van der Waals surface area contributed by atoms with Crippen LogP contribution in [0.25, 0.3) is 0 Å². The molecule has 12 heteroatoms. The van der Waals surface area contributed by atoms with Gasteiger partial charge in [-0.1, -0.05) is 0 Å². The zero-order chi connectivity index (χ0) is 25.2. The Bertz CT molecular complexity index is 1390. The summed E-state index contributed by atoms with van der Waals surface area (Å²) in [6, 6.07) is 3.25. The number of ether oxygens (including phenoxy) is 1. The largest absolute Gasteiger partial charge is 0.474 e. The van der Waals surface area contributed by atoms with Crippen molar-refractivity contribution in [1.82, 2.24) is 19.3 Å². The lowest BCUT2D eigenvalue weighted by Crippen LogP contribution is -2.50. The Morgan fingerprint density at radius 2 is 1.58 bits per heavy atom. The quantitative estimate of drug-likeness (QED) is 0.544. The molecule has 4 aliphatic rings. The van der Waals surface area contributed by atoms with E-state index in [2.05, 4.69) is 20.3 Å². The van der Waals surface area contributed by atoms with Gasteiger partial charge in [0.25, 0.3) is 0 Å². The van der Waals surface area contributed by atoms with Crippen LogP contribution in [0.1, 0.15) is 62.6 Å². The Labute approximate surface area is 211 Å². The number of aryl methyl sites for hydroxylation is 1. The number of sulfone groups is 1. The fraction of sp³-hybridized carbons (Fsp3) is 0.625. The highest BCUT2D eigenvalue weighted by Gasteiger charge is 2.52.